The lowest BCUT2D eigenvalue weighted by Crippen LogP contribution is -2.58. The van der Waals surface area contributed by atoms with Crippen LogP contribution in [-0.2, 0) is 19.2 Å². The molecule has 0 saturated carbocycles. The number of rotatable bonds is 5. The summed E-state index contributed by atoms with van der Waals surface area (Å²) >= 11 is 0. The molecule has 0 aliphatic carbocycles. The van der Waals surface area contributed by atoms with Crippen molar-refractivity contribution in [1.82, 2.24) is 10.3 Å². The minimum atomic E-state index is -2.38. The molecule has 1 aromatic heterocycles. The van der Waals surface area contributed by atoms with E-state index >= 15 is 0 Å². The fourth-order valence-electron chi connectivity index (χ4n) is 3.82. The second kappa shape index (κ2) is 8.51. The first-order chi connectivity index (χ1) is 14.3. The molecule has 0 unspecified atom stereocenters. The highest BCUT2D eigenvalue weighted by Gasteiger charge is 2.55. The smallest absolute Gasteiger partial charge is 0.310 e. The predicted molar refractivity (Wildman–Crippen MR) is 115 cm³/mol. The van der Waals surface area contributed by atoms with E-state index in [4.69, 9.17) is 4.84 Å². The van der Waals surface area contributed by atoms with Gasteiger partial charge in [-0.3, -0.25) is 14.6 Å². The van der Waals surface area contributed by atoms with Gasteiger partial charge in [0.05, 0.1) is 12.1 Å². The van der Waals surface area contributed by atoms with Crippen molar-refractivity contribution < 1.29 is 28.7 Å². The third-order valence-electron chi connectivity index (χ3n) is 5.72. The van der Waals surface area contributed by atoms with E-state index in [0.717, 1.165) is 10.8 Å². The Morgan fingerprint density at radius 1 is 1.35 bits per heavy atom. The Balaban J connectivity index is 0.00000272. The van der Waals surface area contributed by atoms with Gasteiger partial charge in [-0.15, -0.1) is 17.0 Å². The highest BCUT2D eigenvalue weighted by atomic mass is 79.9. The number of hydrogen-bond donors (Lipinski definition) is 2. The fraction of sp³-hybridized carbons (Fsp3) is 0.429. The third-order valence-corrected chi connectivity index (χ3v) is 5.72. The zero-order valence-corrected chi connectivity index (χ0v) is 18.7. The number of aromatic nitrogens is 1. The second-order valence-electron chi connectivity index (χ2n) is 7.91. The molecule has 1 aromatic carbocycles. The molecule has 8 nitrogen and oxygen atoms in total. The minimum absolute atomic E-state index is 0. The van der Waals surface area contributed by atoms with E-state index in [1.807, 2.05) is 30.3 Å². The van der Waals surface area contributed by atoms with E-state index in [1.54, 1.807) is 20.0 Å². The molecule has 10 heteroatoms. The molecule has 2 aliphatic heterocycles. The number of alkyl halides is 1. The van der Waals surface area contributed by atoms with E-state index in [1.165, 1.54) is 0 Å². The van der Waals surface area contributed by atoms with Gasteiger partial charge in [0.25, 0.3) is 11.7 Å². The Morgan fingerprint density at radius 2 is 2.10 bits per heavy atom. The first-order valence-corrected chi connectivity index (χ1v) is 9.69. The molecule has 3 atom stereocenters. The average Bonchev–Trinajstić information content (AvgIpc) is 3.30. The Hall–Kier alpha value is -2.59. The van der Waals surface area contributed by atoms with Gasteiger partial charge in [0.1, 0.15) is 11.8 Å². The molecule has 1 amide bonds. The summed E-state index contributed by atoms with van der Waals surface area (Å²) in [7, 11) is 0. The maximum Gasteiger partial charge on any atom is 0.310 e. The van der Waals surface area contributed by atoms with Crippen molar-refractivity contribution in [3.63, 3.8) is 0 Å². The summed E-state index contributed by atoms with van der Waals surface area (Å²) in [5, 5.41) is 18.7. The topological polar surface area (TPSA) is 110 Å². The molecule has 1 saturated heterocycles. The first kappa shape index (κ1) is 23.1. The summed E-state index contributed by atoms with van der Waals surface area (Å²) in [4.78, 5) is 34.8. The van der Waals surface area contributed by atoms with Crippen LogP contribution in [0, 0.1) is 5.92 Å². The van der Waals surface area contributed by atoms with Crippen LogP contribution in [-0.4, -0.2) is 51.8 Å². The van der Waals surface area contributed by atoms with Gasteiger partial charge in [-0.05, 0) is 11.5 Å². The van der Waals surface area contributed by atoms with Crippen LogP contribution in [0.1, 0.15) is 32.4 Å². The van der Waals surface area contributed by atoms with Gasteiger partial charge < -0.3 is 20.0 Å². The SMILES string of the molecule is Br.CC(C)[C@@]1(C(=O)N[C@H]2CC(=O)O[C@]2(O)CF)CC(c2nccc3ccccc23)=NO1. The van der Waals surface area contributed by atoms with Gasteiger partial charge in [-0.2, -0.15) is 0 Å². The van der Waals surface area contributed by atoms with Gasteiger partial charge in [-0.25, -0.2) is 4.39 Å². The normalized spacial score (nSPS) is 27.5. The van der Waals surface area contributed by atoms with E-state index in [2.05, 4.69) is 20.2 Å². The van der Waals surface area contributed by atoms with E-state index < -0.39 is 36.0 Å². The molecule has 4 rings (SSSR count). The largest absolute Gasteiger partial charge is 0.428 e. The van der Waals surface area contributed by atoms with Crippen molar-refractivity contribution in [3.05, 3.63) is 42.2 Å². The van der Waals surface area contributed by atoms with Crippen LogP contribution in [0.5, 0.6) is 0 Å². The second-order valence-corrected chi connectivity index (χ2v) is 7.91. The van der Waals surface area contributed by atoms with Crippen LogP contribution >= 0.6 is 17.0 Å². The standard InChI is InChI=1S/C21H22FN3O5.BrH/c1-12(2)20(19(27)24-16-9-17(26)29-21(16,28)11-22)10-15(25-30-20)18-14-6-4-3-5-13(14)7-8-23-18;/h3-8,12,16,28H,9-11H2,1-2H3,(H,24,27);1H/t16-,20+,21+;/m0./s1. The number of halogens is 2. The Bertz CT molecular complexity index is 1040. The van der Waals surface area contributed by atoms with Crippen molar-refractivity contribution in [1.29, 1.82) is 0 Å². The van der Waals surface area contributed by atoms with E-state index in [9.17, 15) is 19.1 Å². The molecular formula is C21H23BrFN3O5. The first-order valence-electron chi connectivity index (χ1n) is 9.69. The lowest BCUT2D eigenvalue weighted by Gasteiger charge is -2.32. The lowest BCUT2D eigenvalue weighted by atomic mass is 9.83. The van der Waals surface area contributed by atoms with Gasteiger partial charge >= 0.3 is 5.97 Å². The lowest BCUT2D eigenvalue weighted by molar-refractivity contribution is -0.202. The minimum Gasteiger partial charge on any atom is -0.428 e. The van der Waals surface area contributed by atoms with Crippen molar-refractivity contribution in [2.45, 2.75) is 44.1 Å². The van der Waals surface area contributed by atoms with Crippen LogP contribution < -0.4 is 5.32 Å². The molecule has 166 valence electrons. The molecular weight excluding hydrogens is 473 g/mol. The molecule has 0 bridgehead atoms. The summed E-state index contributed by atoms with van der Waals surface area (Å²) in [5.41, 5.74) is -0.269. The van der Waals surface area contributed by atoms with Gasteiger partial charge in [-0.1, -0.05) is 43.3 Å². The zero-order valence-electron chi connectivity index (χ0n) is 17.0. The summed E-state index contributed by atoms with van der Waals surface area (Å²) in [6.45, 7) is 2.26. The van der Waals surface area contributed by atoms with Crippen molar-refractivity contribution in [3.8, 4) is 0 Å². The Labute approximate surface area is 188 Å². The van der Waals surface area contributed by atoms with Gasteiger partial charge in [0, 0.05) is 23.9 Å². The number of aliphatic hydroxyl groups is 1. The number of benzene rings is 1. The maximum absolute atomic E-state index is 13.3. The van der Waals surface area contributed by atoms with Crippen LogP contribution in [0.4, 0.5) is 4.39 Å². The van der Waals surface area contributed by atoms with E-state index in [-0.39, 0.29) is 35.7 Å². The molecule has 2 aliphatic rings. The maximum atomic E-state index is 13.3. The van der Waals surface area contributed by atoms with Gasteiger partial charge in [0.15, 0.2) is 6.67 Å². The number of cyclic esters (lactones) is 1. The summed E-state index contributed by atoms with van der Waals surface area (Å²) in [5.74, 6) is -4.09. The average molecular weight is 496 g/mol. The highest BCUT2D eigenvalue weighted by Crippen LogP contribution is 2.36. The van der Waals surface area contributed by atoms with Gasteiger partial charge in [0.2, 0.25) is 5.60 Å². The molecule has 0 radical (unpaired) electrons. The molecule has 2 N–H and O–H groups in total. The number of carbonyl (C=O) groups excluding carboxylic acids is 2. The molecule has 31 heavy (non-hydrogen) atoms. The Morgan fingerprint density at radius 3 is 2.81 bits per heavy atom. The number of nitrogens with zero attached hydrogens (tertiary/aromatic N) is 2. The number of hydrogen-bond acceptors (Lipinski definition) is 7. The van der Waals surface area contributed by atoms with Crippen molar-refractivity contribution in [2.24, 2.45) is 11.1 Å². The number of oxime groups is 1. The molecule has 0 spiro atoms. The Kier molecular flexibility index (Phi) is 6.33. The highest BCUT2D eigenvalue weighted by molar-refractivity contribution is 8.93. The number of ether oxygens (including phenoxy) is 1. The fourth-order valence-corrected chi connectivity index (χ4v) is 3.82. The number of amides is 1. The molecule has 3 heterocycles. The number of nitrogens with one attached hydrogen (secondary N) is 1. The number of pyridine rings is 1. The quantitative estimate of drug-likeness (QED) is 0.616. The van der Waals surface area contributed by atoms with Crippen LogP contribution in [0.25, 0.3) is 10.8 Å². The number of esters is 1. The monoisotopic (exact) mass is 495 g/mol. The number of fused-ring (bicyclic) bond motifs is 1. The predicted octanol–water partition coefficient (Wildman–Crippen LogP) is 2.42. The molecule has 2 aromatic rings. The zero-order chi connectivity index (χ0) is 21.5. The van der Waals surface area contributed by atoms with Crippen LogP contribution in [0.2, 0.25) is 0 Å². The summed E-state index contributed by atoms with van der Waals surface area (Å²) in [6, 6.07) is 8.34. The van der Waals surface area contributed by atoms with Crippen molar-refractivity contribution >= 4 is 45.3 Å². The van der Waals surface area contributed by atoms with Crippen molar-refractivity contribution in [2.75, 3.05) is 6.67 Å². The van der Waals surface area contributed by atoms with Crippen LogP contribution in [0.15, 0.2) is 41.7 Å². The number of carbonyl (C=O) groups is 2. The van der Waals surface area contributed by atoms with E-state index in [0.29, 0.717) is 11.4 Å². The molecule has 1 fully saturated rings. The third kappa shape index (κ3) is 3.89. The summed E-state index contributed by atoms with van der Waals surface area (Å²) in [6.07, 6.45) is 1.46. The summed E-state index contributed by atoms with van der Waals surface area (Å²) < 4.78 is 17.9. The van der Waals surface area contributed by atoms with Crippen LogP contribution in [0.3, 0.4) is 0 Å².